The molecule has 3 aromatic heterocycles. The van der Waals surface area contributed by atoms with Crippen LogP contribution < -0.4 is 64.3 Å². The van der Waals surface area contributed by atoms with E-state index >= 15 is 4.39 Å². The number of hydrogen-bond acceptors (Lipinski definition) is 22. The number of amides is 15. The second-order valence-corrected chi connectivity index (χ2v) is 30.5. The number of aliphatic hydroxyl groups excluding tert-OH is 1. The molecular formula is C81H122FN21O18S6. The summed E-state index contributed by atoms with van der Waals surface area (Å²) in [5.74, 6) is -5.34. The van der Waals surface area contributed by atoms with Crippen LogP contribution in [0.2, 0.25) is 0 Å². The predicted octanol–water partition coefficient (Wildman–Crippen LogP) is 5.67. The van der Waals surface area contributed by atoms with E-state index in [-0.39, 0.29) is 243 Å². The fourth-order valence-corrected chi connectivity index (χ4v) is 13.9. The number of benzene rings is 3. The van der Waals surface area contributed by atoms with Gasteiger partial charge in [-0.25, -0.2) is 32.9 Å². The van der Waals surface area contributed by atoms with Gasteiger partial charge in [-0.1, -0.05) is 75.2 Å². The zero-order chi connectivity index (χ0) is 88.1. The van der Waals surface area contributed by atoms with E-state index in [1.165, 1.54) is 36.3 Å². The smallest absolute Gasteiger partial charge is 0.410 e. The van der Waals surface area contributed by atoms with Gasteiger partial charge < -0.3 is 83.3 Å². The van der Waals surface area contributed by atoms with E-state index < -0.39 is 94.9 Å². The first-order valence-electron chi connectivity index (χ1n) is 40.7. The molecule has 0 saturated carbocycles. The Hall–Kier alpha value is -10.7. The van der Waals surface area contributed by atoms with Gasteiger partial charge in [0.15, 0.2) is 0 Å². The van der Waals surface area contributed by atoms with Crippen LogP contribution in [-0.4, -0.2) is 207 Å². The molecule has 0 spiro atoms. The van der Waals surface area contributed by atoms with E-state index in [4.69, 9.17) is 16.2 Å². The van der Waals surface area contributed by atoms with Crippen LogP contribution in [0.15, 0.2) is 84.0 Å². The molecule has 0 unspecified atom stereocenters. The van der Waals surface area contributed by atoms with Crippen molar-refractivity contribution < 1.29 is 86.5 Å². The second-order valence-electron chi connectivity index (χ2n) is 30.5. The number of carbonyl (C=O) groups is 14. The Bertz CT molecular complexity index is 4740. The quantitative estimate of drug-likeness (QED) is 0.0162. The van der Waals surface area contributed by atoms with E-state index in [2.05, 4.69) is 63.2 Å². The van der Waals surface area contributed by atoms with Crippen molar-refractivity contribution >= 4 is 192 Å². The Kier molecular flexibility index (Phi) is 48.8. The minimum Gasteiger partial charge on any atom is -0.477 e. The predicted molar refractivity (Wildman–Crippen MR) is 500 cm³/mol. The van der Waals surface area contributed by atoms with Crippen molar-refractivity contribution in [1.29, 1.82) is 0 Å². The molecule has 6 atom stereocenters. The van der Waals surface area contributed by atoms with Crippen molar-refractivity contribution in [3.05, 3.63) is 123 Å². The van der Waals surface area contributed by atoms with Crippen LogP contribution in [0, 0.1) is 17.7 Å². The van der Waals surface area contributed by atoms with Crippen LogP contribution in [0.4, 0.5) is 35.8 Å². The second kappa shape index (κ2) is 55.1. The Morgan fingerprint density at radius 2 is 0.945 bits per heavy atom. The van der Waals surface area contributed by atoms with Gasteiger partial charge in [0, 0.05) is 120 Å². The number of aromatic carboxylic acids is 1. The lowest BCUT2D eigenvalue weighted by Gasteiger charge is -2.35. The number of nitrogens with two attached hydrogens (primary N) is 2. The van der Waals surface area contributed by atoms with Crippen molar-refractivity contribution in [2.24, 2.45) is 23.3 Å². The van der Waals surface area contributed by atoms with Crippen LogP contribution in [0.3, 0.4) is 0 Å². The highest BCUT2D eigenvalue weighted by molar-refractivity contribution is 7.60. The summed E-state index contributed by atoms with van der Waals surface area (Å²) in [5, 5.41) is 57.8. The molecule has 39 nitrogen and oxygen atoms in total. The van der Waals surface area contributed by atoms with Gasteiger partial charge in [-0.2, -0.15) is 81.0 Å². The van der Waals surface area contributed by atoms with Crippen molar-refractivity contribution in [1.82, 2.24) is 81.2 Å². The molecule has 6 heterocycles. The summed E-state index contributed by atoms with van der Waals surface area (Å²) in [5.41, 5.74) is 12.9. The number of piperazine rings is 1. The third-order valence-electron chi connectivity index (χ3n) is 20.8. The third kappa shape index (κ3) is 33.5. The minimum atomic E-state index is -1.39. The molecule has 702 valence electrons. The number of hydrogen-bond donors (Lipinski definition) is 12. The minimum absolute atomic E-state index is 0. The molecule has 0 aliphatic carbocycles. The molecule has 3 aliphatic heterocycles. The van der Waals surface area contributed by atoms with Gasteiger partial charge in [0.1, 0.15) is 53.5 Å². The monoisotopic (exact) mass is 1890 g/mol. The zero-order valence-corrected chi connectivity index (χ0v) is 78.1. The molecule has 0 bridgehead atoms. The Morgan fingerprint density at radius 3 is 1.33 bits per heavy atom. The lowest BCUT2D eigenvalue weighted by Crippen LogP contribution is -2.49. The molecule has 9 rings (SSSR count). The van der Waals surface area contributed by atoms with Crippen molar-refractivity contribution in [3.8, 4) is 0 Å². The summed E-state index contributed by atoms with van der Waals surface area (Å²) in [6.07, 6.45) is 9.99. The summed E-state index contributed by atoms with van der Waals surface area (Å²) >= 11 is 0. The summed E-state index contributed by atoms with van der Waals surface area (Å²) < 4.78 is 25.4. The molecule has 6 aromatic rings. The topological polar surface area (TPSA) is 533 Å². The first kappa shape index (κ1) is 112. The fourth-order valence-electron chi connectivity index (χ4n) is 13.9. The number of carbonyl (C=O) groups excluding carboxylic acids is 13. The maximum atomic E-state index is 15.4. The SMILES string of the molecule is CC(C)[C@H](NC(=O)[C@H](C)NC(=O)CCCCCN1C(=O)CCC1=O)c1cn([C@@H](CCCNC(N)=O)C(=O)Nc2ccc(CO)cc2)nn1.CCn1cc(C(=O)O)c(=O)c2cc(F)c(N3CCN(C(=O)OCc4ccc(NC(=O)[C@H](CCCNC(N)=O)n5cc([C@@H](NC(=O)[C@H](C)NC(=O)CCCCCN6C(=O)CCC6=O)C(C)C)nn5)cc4)CC3)cc21.S.S.S.S.S.S. The molecule has 127 heavy (non-hydrogen) atoms. The number of fused-ring (bicyclic) bond motifs is 1. The third-order valence-corrected chi connectivity index (χ3v) is 20.8. The average molecular weight is 1890 g/mol. The number of aryl methyl sites for hydroxylation is 1. The van der Waals surface area contributed by atoms with Crippen molar-refractivity contribution in [3.63, 3.8) is 0 Å². The van der Waals surface area contributed by atoms with Crippen LogP contribution >= 0.6 is 81.0 Å². The number of halogens is 1. The maximum Gasteiger partial charge on any atom is 0.410 e. The van der Waals surface area contributed by atoms with Gasteiger partial charge >= 0.3 is 24.1 Å². The van der Waals surface area contributed by atoms with Gasteiger partial charge in [0.2, 0.25) is 64.5 Å². The number of anilines is 3. The molecule has 3 aromatic carbocycles. The Morgan fingerprint density at radius 1 is 0.528 bits per heavy atom. The summed E-state index contributed by atoms with van der Waals surface area (Å²) in [6.45, 7) is 14.7. The fraction of sp³-hybridized carbons (Fsp3) is 0.519. The van der Waals surface area contributed by atoms with Crippen molar-refractivity contribution in [2.45, 2.75) is 207 Å². The lowest BCUT2D eigenvalue weighted by molar-refractivity contribution is -0.140. The number of aromatic nitrogens is 7. The molecule has 15 amide bonds. The Balaban J connectivity index is 0.000000886. The summed E-state index contributed by atoms with van der Waals surface area (Å²) in [6, 6.07) is 9.91. The van der Waals surface area contributed by atoms with E-state index in [1.54, 1.807) is 91.2 Å². The van der Waals surface area contributed by atoms with Gasteiger partial charge in [-0.3, -0.25) is 62.5 Å². The number of primary amides is 2. The normalized spacial score (nSPS) is 14.2. The van der Waals surface area contributed by atoms with E-state index in [1.807, 2.05) is 27.7 Å². The number of ether oxygens (including phenoxy) is 1. The number of nitrogens with one attached hydrogen (secondary N) is 8. The maximum absolute atomic E-state index is 15.4. The van der Waals surface area contributed by atoms with Crippen LogP contribution in [0.5, 0.6) is 0 Å². The number of carboxylic acids is 1. The number of rotatable bonds is 42. The highest BCUT2D eigenvalue weighted by Gasteiger charge is 2.34. The number of unbranched alkanes of at least 4 members (excludes halogenated alkanes) is 4. The number of pyridine rings is 1. The van der Waals surface area contributed by atoms with Gasteiger partial charge in [-0.15, -0.1) is 10.2 Å². The molecule has 3 fully saturated rings. The van der Waals surface area contributed by atoms with E-state index in [0.29, 0.717) is 117 Å². The first-order valence-corrected chi connectivity index (χ1v) is 40.7. The number of urea groups is 2. The van der Waals surface area contributed by atoms with Crippen molar-refractivity contribution in [2.75, 3.05) is 67.9 Å². The number of imide groups is 2. The van der Waals surface area contributed by atoms with Crippen LogP contribution in [0.25, 0.3) is 10.9 Å². The Labute approximate surface area is 776 Å². The van der Waals surface area contributed by atoms with E-state index in [0.717, 1.165) is 6.07 Å². The van der Waals surface area contributed by atoms with Gasteiger partial charge in [0.25, 0.3) is 0 Å². The largest absolute Gasteiger partial charge is 0.477 e. The number of aliphatic hydroxyl groups is 1. The van der Waals surface area contributed by atoms with Crippen LogP contribution in [-0.2, 0) is 72.4 Å². The molecule has 14 N–H and O–H groups in total. The average Bonchev–Trinajstić information content (AvgIpc) is 1.37. The molecular weight excluding hydrogens is 1770 g/mol. The molecule has 0 radical (unpaired) electrons. The standard InChI is InChI=1S/C49H63FN12O11.C32H47N9O7.6H2S/c1-5-58-26-34(47(69)70)44(66)33-24-35(50)39(25-38(33)58)59-20-22-60(23-21-59)49(72)73-28-31-12-14-32(15-13-31)54-46(68)37(10-9-18-52-48(51)71)62-27-36(56-57-62)43(29(2)3)55-45(67)30(4)53-40(63)11-7-6-8-19-61-41(64)16-17-42(61)65;1-20(2)29(37-30(46)21(3)35-26(43)9-5-4-6-17-40-27(44)14-15-28(40)45)24-18-41(39-38-24)25(8-7-16-34-32(33)48)31(47)36-23-12-10-22(19-42)11-13-23;;;;;;/h12-15,24-27,29-30,37,43H,5-11,16-23,28H2,1-4H3,(H,53,63)(H,54,68)(H,55,67)(H,69,70)(H3,51,52,71);10-13,18,20-21,25,29,42H,4-9,14-17,19H2,1-3H3,(H,35,43)(H,36,47)(H,37,46)(H3,33,34,48);6*1H2/t30-,37-,43-;21-,25-,29-;;;;;;/m00....../s1. The zero-order valence-electron chi connectivity index (χ0n) is 72.1. The lowest BCUT2D eigenvalue weighted by atomic mass is 10.0. The highest BCUT2D eigenvalue weighted by atomic mass is 32.1. The number of nitrogens with zero attached hydrogens (tertiary/aromatic N) is 11. The molecule has 3 saturated heterocycles. The van der Waals surface area contributed by atoms with Gasteiger partial charge in [0.05, 0.1) is 42.3 Å². The first-order chi connectivity index (χ1) is 57.7. The van der Waals surface area contributed by atoms with Gasteiger partial charge in [-0.05, 0) is 131 Å². The molecule has 46 heteroatoms. The summed E-state index contributed by atoms with van der Waals surface area (Å²) in [7, 11) is 0. The molecule has 3 aliphatic rings. The summed E-state index contributed by atoms with van der Waals surface area (Å²) in [4.78, 5) is 192. The number of likely N-dealkylation sites (tertiary alicyclic amines) is 2. The number of carboxylic acid groups (broad SMARTS) is 1. The van der Waals surface area contributed by atoms with E-state index in [9.17, 15) is 82.1 Å². The van der Waals surface area contributed by atoms with Crippen LogP contribution in [0.1, 0.15) is 208 Å². The highest BCUT2D eigenvalue weighted by Crippen LogP contribution is 2.30.